The van der Waals surface area contributed by atoms with Crippen LogP contribution in [0, 0.1) is 5.41 Å². The molecule has 0 unspecified atom stereocenters. The summed E-state index contributed by atoms with van der Waals surface area (Å²) in [5.74, 6) is 0. The second-order valence-electron chi connectivity index (χ2n) is 23.4. The highest BCUT2D eigenvalue weighted by molar-refractivity contribution is 6.09. The van der Waals surface area contributed by atoms with Gasteiger partial charge in [-0.25, -0.2) is 0 Å². The third-order valence-corrected chi connectivity index (χ3v) is 18.6. The zero-order valence-electron chi connectivity index (χ0n) is 42.8. The second kappa shape index (κ2) is 14.8. The lowest BCUT2D eigenvalue weighted by Crippen LogP contribution is -2.42. The van der Waals surface area contributed by atoms with E-state index in [1.165, 1.54) is 77.9 Å². The molecule has 0 atom stereocenters. The van der Waals surface area contributed by atoms with Crippen LogP contribution in [0.25, 0.3) is 77.6 Å². The van der Waals surface area contributed by atoms with Gasteiger partial charge in [0.05, 0.1) is 0 Å². The highest BCUT2D eigenvalue weighted by atomic mass is 16.3. The van der Waals surface area contributed by atoms with Gasteiger partial charge in [0.2, 0.25) is 0 Å². The van der Waals surface area contributed by atoms with Crippen molar-refractivity contribution in [1.29, 1.82) is 0 Å². The number of anilines is 3. The molecule has 0 spiro atoms. The fourth-order valence-corrected chi connectivity index (χ4v) is 13.3. The predicted octanol–water partition coefficient (Wildman–Crippen LogP) is 19.3. The van der Waals surface area contributed by atoms with Crippen molar-refractivity contribution in [3.8, 4) is 55.6 Å². The van der Waals surface area contributed by atoms with Crippen LogP contribution in [0.4, 0.5) is 17.1 Å². The Kier molecular flexibility index (Phi) is 9.09. The first-order valence-corrected chi connectivity index (χ1v) is 25.6. The van der Waals surface area contributed by atoms with E-state index in [1.54, 1.807) is 0 Å². The number of nitrogens with zero attached hydrogens (tertiary/aromatic N) is 1. The first-order valence-electron chi connectivity index (χ1n) is 25.6. The van der Waals surface area contributed by atoms with Crippen LogP contribution in [-0.2, 0) is 21.7 Å². The molecular formula is C69H61NO. The second-order valence-corrected chi connectivity index (χ2v) is 23.4. The lowest BCUT2D eigenvalue weighted by atomic mass is 9.59. The van der Waals surface area contributed by atoms with E-state index in [0.29, 0.717) is 0 Å². The molecule has 3 aliphatic rings. The van der Waals surface area contributed by atoms with E-state index in [1.807, 2.05) is 6.07 Å². The van der Waals surface area contributed by atoms with Crippen molar-refractivity contribution in [3.63, 3.8) is 0 Å². The van der Waals surface area contributed by atoms with E-state index in [0.717, 1.165) is 50.1 Å². The first kappa shape index (κ1) is 43.6. The maximum absolute atomic E-state index is 6.59. The molecule has 2 heteroatoms. The Bertz CT molecular complexity index is 3740. The smallest absolute Gasteiger partial charge is 0.143 e. The topological polar surface area (TPSA) is 16.4 Å². The van der Waals surface area contributed by atoms with E-state index in [-0.39, 0.29) is 27.1 Å². The van der Waals surface area contributed by atoms with Crippen molar-refractivity contribution in [2.75, 3.05) is 4.90 Å². The Labute approximate surface area is 419 Å². The zero-order chi connectivity index (χ0) is 49.0. The molecule has 3 aliphatic carbocycles. The van der Waals surface area contributed by atoms with E-state index in [9.17, 15) is 0 Å². The van der Waals surface area contributed by atoms with Crippen molar-refractivity contribution in [2.24, 2.45) is 5.41 Å². The molecule has 9 aromatic carbocycles. The van der Waals surface area contributed by atoms with Gasteiger partial charge in [-0.15, -0.1) is 0 Å². The molecule has 13 rings (SSSR count). The van der Waals surface area contributed by atoms with E-state index >= 15 is 0 Å². The summed E-state index contributed by atoms with van der Waals surface area (Å²) in [5, 5.41) is 2.29. The third kappa shape index (κ3) is 6.00. The fourth-order valence-electron chi connectivity index (χ4n) is 13.3. The van der Waals surface area contributed by atoms with Crippen LogP contribution in [0.5, 0.6) is 0 Å². The average molecular weight is 920 g/mol. The minimum Gasteiger partial charge on any atom is -0.455 e. The Hall–Kier alpha value is -7.42. The molecule has 0 amide bonds. The first-order chi connectivity index (χ1) is 34.0. The fraction of sp³-hybridized carbons (Fsp3) is 0.217. The van der Waals surface area contributed by atoms with Crippen molar-refractivity contribution >= 4 is 39.0 Å². The number of para-hydroxylation sites is 2. The molecular weight excluding hydrogens is 859 g/mol. The molecule has 0 saturated carbocycles. The van der Waals surface area contributed by atoms with Crippen LogP contribution in [0.3, 0.4) is 0 Å². The Morgan fingerprint density at radius 1 is 0.310 bits per heavy atom. The molecule has 2 nitrogen and oxygen atoms in total. The van der Waals surface area contributed by atoms with Crippen LogP contribution < -0.4 is 4.90 Å². The number of hydrogen-bond acceptors (Lipinski definition) is 2. The molecule has 0 N–H and O–H groups in total. The van der Waals surface area contributed by atoms with Gasteiger partial charge in [0.15, 0.2) is 0 Å². The molecule has 0 bridgehead atoms. The summed E-state index contributed by atoms with van der Waals surface area (Å²) in [5.41, 5.74) is 25.8. The molecule has 1 aromatic heterocycles. The van der Waals surface area contributed by atoms with Crippen molar-refractivity contribution in [2.45, 2.75) is 90.9 Å². The van der Waals surface area contributed by atoms with Gasteiger partial charge in [-0.1, -0.05) is 197 Å². The van der Waals surface area contributed by atoms with Crippen molar-refractivity contribution in [3.05, 3.63) is 221 Å². The molecule has 348 valence electrons. The molecule has 10 aromatic rings. The van der Waals surface area contributed by atoms with E-state index in [2.05, 4.69) is 256 Å². The van der Waals surface area contributed by atoms with Crippen LogP contribution in [0.15, 0.2) is 192 Å². The highest BCUT2D eigenvalue weighted by Crippen LogP contribution is 2.63. The summed E-state index contributed by atoms with van der Waals surface area (Å²) in [6.07, 6.45) is 0. The van der Waals surface area contributed by atoms with Crippen LogP contribution in [0.1, 0.15) is 103 Å². The molecule has 71 heavy (non-hydrogen) atoms. The third-order valence-electron chi connectivity index (χ3n) is 18.6. The average Bonchev–Trinajstić information content (AvgIpc) is 3.98. The summed E-state index contributed by atoms with van der Waals surface area (Å²) in [4.78, 5) is 2.49. The van der Waals surface area contributed by atoms with Gasteiger partial charge in [-0.2, -0.15) is 0 Å². The van der Waals surface area contributed by atoms with Gasteiger partial charge in [0, 0.05) is 44.2 Å². The quantitative estimate of drug-likeness (QED) is 0.165. The monoisotopic (exact) mass is 919 g/mol. The van der Waals surface area contributed by atoms with E-state index in [4.69, 9.17) is 4.42 Å². The van der Waals surface area contributed by atoms with Crippen molar-refractivity contribution in [1.82, 2.24) is 0 Å². The normalized spacial score (nSPS) is 16.9. The highest BCUT2D eigenvalue weighted by Gasteiger charge is 2.57. The zero-order valence-corrected chi connectivity index (χ0v) is 42.8. The maximum Gasteiger partial charge on any atom is 0.143 e. The number of fused-ring (bicyclic) bond motifs is 10. The number of hydrogen-bond donors (Lipinski definition) is 0. The molecule has 1 heterocycles. The summed E-state index contributed by atoms with van der Waals surface area (Å²) < 4.78 is 6.59. The van der Waals surface area contributed by atoms with Gasteiger partial charge >= 0.3 is 0 Å². The predicted molar refractivity (Wildman–Crippen MR) is 300 cm³/mol. The minimum absolute atomic E-state index is 0.0129. The lowest BCUT2D eigenvalue weighted by Gasteiger charge is -2.44. The molecule has 0 aliphatic heterocycles. The van der Waals surface area contributed by atoms with Gasteiger partial charge in [-0.3, -0.25) is 0 Å². The Morgan fingerprint density at radius 2 is 0.761 bits per heavy atom. The van der Waals surface area contributed by atoms with Crippen LogP contribution in [0.2, 0.25) is 0 Å². The maximum atomic E-state index is 6.59. The largest absolute Gasteiger partial charge is 0.455 e. The Morgan fingerprint density at radius 3 is 1.35 bits per heavy atom. The van der Waals surface area contributed by atoms with Gasteiger partial charge in [0.25, 0.3) is 0 Å². The van der Waals surface area contributed by atoms with Gasteiger partial charge in [0.1, 0.15) is 11.2 Å². The summed E-state index contributed by atoms with van der Waals surface area (Å²) in [6.45, 7) is 24.2. The lowest BCUT2D eigenvalue weighted by molar-refractivity contribution is 0.125. The van der Waals surface area contributed by atoms with Gasteiger partial charge < -0.3 is 9.32 Å². The van der Waals surface area contributed by atoms with E-state index < -0.39 is 0 Å². The molecule has 0 fully saturated rings. The number of rotatable bonds is 6. The van der Waals surface area contributed by atoms with Gasteiger partial charge in [-0.05, 0) is 160 Å². The Balaban J connectivity index is 0.978. The SMILES string of the molecule is CC1(C)c2ccccc2-c2ccc(N(c3ccc(-c4cc5c(cc4-c4cccc(-c6cccc7c6oc6ccccc67)c4)C(C)(C)C(C)(C)C5(C)C)cc3)c3ccc4c(c3)C(C)(C)c3ccccc3-4)cc21. The summed E-state index contributed by atoms with van der Waals surface area (Å²) >= 11 is 0. The minimum atomic E-state index is -0.129. The number of benzene rings is 9. The molecule has 0 radical (unpaired) electrons. The summed E-state index contributed by atoms with van der Waals surface area (Å²) in [7, 11) is 0. The van der Waals surface area contributed by atoms with Crippen LogP contribution in [-0.4, -0.2) is 0 Å². The van der Waals surface area contributed by atoms with Crippen LogP contribution >= 0.6 is 0 Å². The summed E-state index contributed by atoms with van der Waals surface area (Å²) in [6, 6.07) is 70.7. The molecule has 0 saturated heterocycles. The standard InChI is InChI=1S/C69H61NO/c1-65(2)57-26-14-11-21-49(57)51-35-33-46(38-59(51)65)70(47-34-36-52-50-22-12-15-27-58(50)66(3,4)60(52)39-47)45-31-29-42(30-32-45)55-40-61-62(68(7,8)69(9,10)67(61,5)6)41-56(55)44-20-17-19-43(37-44)48-24-18-25-54-53-23-13-16-28-63(53)71-64(48)54/h11-41H,1-10H3. The van der Waals surface area contributed by atoms with Crippen molar-refractivity contribution < 1.29 is 4.42 Å². The number of furan rings is 1.